The summed E-state index contributed by atoms with van der Waals surface area (Å²) in [6, 6.07) is 8.33. The first-order chi connectivity index (χ1) is 12.8. The van der Waals surface area contributed by atoms with Crippen molar-refractivity contribution in [2.45, 2.75) is 52.4 Å². The first kappa shape index (κ1) is 20.5. The molecule has 0 radical (unpaired) electrons. The van der Waals surface area contributed by atoms with Crippen LogP contribution in [0.1, 0.15) is 46.2 Å². The van der Waals surface area contributed by atoms with E-state index in [1.54, 1.807) is 52.8 Å². The molecule has 1 aliphatic rings. The van der Waals surface area contributed by atoms with Crippen molar-refractivity contribution in [2.24, 2.45) is 5.41 Å². The van der Waals surface area contributed by atoms with Gasteiger partial charge in [-0.25, -0.2) is 5.01 Å². The fraction of sp³-hybridized carbons (Fsp3) is 0.476. The van der Waals surface area contributed by atoms with Gasteiger partial charge in [0, 0.05) is 12.1 Å². The van der Waals surface area contributed by atoms with Crippen molar-refractivity contribution in [2.75, 3.05) is 6.54 Å². The topological polar surface area (TPSA) is 41.6 Å². The van der Waals surface area contributed by atoms with Gasteiger partial charge < -0.3 is 4.74 Å². The predicted molar refractivity (Wildman–Crippen MR) is 102 cm³/mol. The molecule has 1 unspecified atom stereocenters. The van der Waals surface area contributed by atoms with Gasteiger partial charge in [0.2, 0.25) is 5.91 Å². The highest BCUT2D eigenvalue weighted by atomic mass is 19.4. The second-order valence-electron chi connectivity index (χ2n) is 8.85. The Hall–Kier alpha value is -2.28. The molecule has 7 heteroatoms. The molecular formula is C21H25F3N2O2. The molecule has 1 aliphatic heterocycles. The maximum atomic E-state index is 14.2. The Bertz CT molecular complexity index is 901. The van der Waals surface area contributed by atoms with E-state index in [1.165, 1.54) is 6.07 Å². The lowest BCUT2D eigenvalue weighted by molar-refractivity contribution is -0.192. The van der Waals surface area contributed by atoms with Crippen molar-refractivity contribution in [1.29, 1.82) is 0 Å². The van der Waals surface area contributed by atoms with Gasteiger partial charge in [-0.2, -0.15) is 13.2 Å². The number of hydrogen-bond donors (Lipinski definition) is 1. The zero-order valence-corrected chi connectivity index (χ0v) is 16.6. The van der Waals surface area contributed by atoms with Crippen LogP contribution in [0.3, 0.4) is 0 Å². The monoisotopic (exact) mass is 394 g/mol. The van der Waals surface area contributed by atoms with E-state index < -0.39 is 29.1 Å². The molecule has 0 aliphatic carbocycles. The largest absolute Gasteiger partial charge is 0.488 e. The molecule has 1 heterocycles. The van der Waals surface area contributed by atoms with Crippen LogP contribution in [0, 0.1) is 5.41 Å². The highest BCUT2D eigenvalue weighted by Gasteiger charge is 2.52. The van der Waals surface area contributed by atoms with Gasteiger partial charge >= 0.3 is 6.18 Å². The minimum atomic E-state index is -4.61. The van der Waals surface area contributed by atoms with Gasteiger partial charge in [-0.1, -0.05) is 24.3 Å². The number of carbonyl (C=O) groups excluding carboxylic acids is 1. The Morgan fingerprint density at radius 2 is 1.68 bits per heavy atom. The number of rotatable bonds is 3. The summed E-state index contributed by atoms with van der Waals surface area (Å²) in [7, 11) is 0. The molecule has 1 atom stereocenters. The summed E-state index contributed by atoms with van der Waals surface area (Å²) in [5.74, 6) is -0.270. The van der Waals surface area contributed by atoms with E-state index in [2.05, 4.69) is 5.43 Å². The second kappa shape index (κ2) is 6.65. The van der Waals surface area contributed by atoms with Crippen LogP contribution in [0.4, 0.5) is 13.2 Å². The Balaban J connectivity index is 2.18. The van der Waals surface area contributed by atoms with Crippen molar-refractivity contribution in [3.63, 3.8) is 0 Å². The van der Waals surface area contributed by atoms with E-state index in [0.717, 1.165) is 10.4 Å². The third kappa shape index (κ3) is 4.09. The molecule has 1 fully saturated rings. The third-order valence-electron chi connectivity index (χ3n) is 4.64. The first-order valence-corrected chi connectivity index (χ1v) is 9.14. The number of amides is 1. The summed E-state index contributed by atoms with van der Waals surface area (Å²) in [6.45, 7) is 8.56. The van der Waals surface area contributed by atoms with Crippen LogP contribution in [0.15, 0.2) is 36.4 Å². The molecule has 3 rings (SSSR count). The van der Waals surface area contributed by atoms with Gasteiger partial charge in [0.05, 0.1) is 5.41 Å². The Morgan fingerprint density at radius 3 is 2.14 bits per heavy atom. The Kier molecular flexibility index (Phi) is 4.86. The number of alkyl halides is 3. The van der Waals surface area contributed by atoms with Gasteiger partial charge in [-0.15, -0.1) is 0 Å². The Labute approximate surface area is 162 Å². The fourth-order valence-corrected chi connectivity index (χ4v) is 3.36. The van der Waals surface area contributed by atoms with E-state index >= 15 is 0 Å². The number of halogens is 3. The molecule has 28 heavy (non-hydrogen) atoms. The van der Waals surface area contributed by atoms with E-state index in [9.17, 15) is 18.0 Å². The molecule has 0 spiro atoms. The number of fused-ring (bicyclic) bond motifs is 1. The molecule has 152 valence electrons. The molecule has 1 saturated heterocycles. The van der Waals surface area contributed by atoms with E-state index in [0.29, 0.717) is 5.39 Å². The first-order valence-electron chi connectivity index (χ1n) is 9.14. The van der Waals surface area contributed by atoms with Gasteiger partial charge in [0.15, 0.2) is 6.04 Å². The minimum absolute atomic E-state index is 0.0147. The zero-order chi connectivity index (χ0) is 20.9. The van der Waals surface area contributed by atoms with Crippen molar-refractivity contribution >= 4 is 16.7 Å². The number of nitrogens with zero attached hydrogens (tertiary/aromatic N) is 1. The average Bonchev–Trinajstić information content (AvgIpc) is 2.78. The predicted octanol–water partition coefficient (Wildman–Crippen LogP) is 4.99. The summed E-state index contributed by atoms with van der Waals surface area (Å²) >= 11 is 0. The van der Waals surface area contributed by atoms with Gasteiger partial charge in [0.1, 0.15) is 11.4 Å². The van der Waals surface area contributed by atoms with E-state index in [4.69, 9.17) is 4.74 Å². The highest BCUT2D eigenvalue weighted by Crippen LogP contribution is 2.45. The maximum Gasteiger partial charge on any atom is 0.410 e. The summed E-state index contributed by atoms with van der Waals surface area (Å²) in [5, 5.41) is 2.44. The molecule has 0 aromatic heterocycles. The molecule has 1 N–H and O–H groups in total. The maximum absolute atomic E-state index is 14.2. The van der Waals surface area contributed by atoms with Crippen molar-refractivity contribution in [3.05, 3.63) is 42.0 Å². The van der Waals surface area contributed by atoms with Crippen molar-refractivity contribution in [3.8, 4) is 5.75 Å². The molecule has 0 saturated carbocycles. The molecule has 2 aromatic carbocycles. The third-order valence-corrected chi connectivity index (χ3v) is 4.64. The van der Waals surface area contributed by atoms with Crippen LogP contribution >= 0.6 is 0 Å². The normalized spacial score (nSPS) is 18.9. The molecule has 0 bridgehead atoms. The number of ether oxygens (including phenoxy) is 1. The molecule has 1 amide bonds. The number of nitrogens with one attached hydrogen (secondary N) is 1. The molecule has 2 aromatic rings. The van der Waals surface area contributed by atoms with Crippen LogP contribution in [-0.2, 0) is 4.79 Å². The average molecular weight is 394 g/mol. The van der Waals surface area contributed by atoms with E-state index in [-0.39, 0.29) is 17.9 Å². The minimum Gasteiger partial charge on any atom is -0.488 e. The molecular weight excluding hydrogens is 369 g/mol. The summed E-state index contributed by atoms with van der Waals surface area (Å²) < 4.78 is 48.5. The van der Waals surface area contributed by atoms with Crippen LogP contribution < -0.4 is 10.2 Å². The summed E-state index contributed by atoms with van der Waals surface area (Å²) in [5.41, 5.74) is 0.801. The lowest BCUT2D eigenvalue weighted by Gasteiger charge is -2.33. The lowest BCUT2D eigenvalue weighted by Crippen LogP contribution is -2.44. The highest BCUT2D eigenvalue weighted by molar-refractivity contribution is 5.86. The van der Waals surface area contributed by atoms with Crippen LogP contribution in [0.5, 0.6) is 5.75 Å². The Morgan fingerprint density at radius 1 is 1.11 bits per heavy atom. The zero-order valence-electron chi connectivity index (χ0n) is 16.6. The number of hydrazine groups is 1. The number of hydrogen-bond acceptors (Lipinski definition) is 3. The number of carbonyl (C=O) groups is 1. The lowest BCUT2D eigenvalue weighted by atomic mass is 9.93. The van der Waals surface area contributed by atoms with Gasteiger partial charge in [-0.3, -0.25) is 10.2 Å². The summed E-state index contributed by atoms with van der Waals surface area (Å²) in [6.07, 6.45) is -4.61. The number of benzene rings is 2. The molecule has 4 nitrogen and oxygen atoms in total. The second-order valence-corrected chi connectivity index (χ2v) is 8.85. The van der Waals surface area contributed by atoms with Crippen molar-refractivity contribution in [1.82, 2.24) is 10.4 Å². The SMILES string of the molecule is CC(C)(C)Oc1cc2ccccc2cc1C(N1CC(C)(C)C(=O)N1)C(F)(F)F. The quantitative estimate of drug-likeness (QED) is 0.797. The van der Waals surface area contributed by atoms with Crippen LogP contribution in [0.2, 0.25) is 0 Å². The van der Waals surface area contributed by atoms with Gasteiger partial charge in [-0.05, 0) is 57.5 Å². The standard InChI is InChI=1S/C21H25F3N2O2/c1-19(2,3)28-16-11-14-9-7-6-8-13(14)10-15(16)17(21(22,23)24)26-12-20(4,5)18(27)25-26/h6-11,17H,12H2,1-5H3,(H,25,27). The van der Waals surface area contributed by atoms with Gasteiger partial charge in [0.25, 0.3) is 0 Å². The summed E-state index contributed by atoms with van der Waals surface area (Å²) in [4.78, 5) is 12.1. The van der Waals surface area contributed by atoms with Crippen LogP contribution in [0.25, 0.3) is 10.8 Å². The smallest absolute Gasteiger partial charge is 0.410 e. The van der Waals surface area contributed by atoms with Crippen molar-refractivity contribution < 1.29 is 22.7 Å². The van der Waals surface area contributed by atoms with Crippen LogP contribution in [-0.4, -0.2) is 29.2 Å². The van der Waals surface area contributed by atoms with E-state index in [1.807, 2.05) is 12.1 Å². The fourth-order valence-electron chi connectivity index (χ4n) is 3.36.